The molecule has 0 spiro atoms. The summed E-state index contributed by atoms with van der Waals surface area (Å²) in [5.74, 6) is -1.11. The Morgan fingerprint density at radius 2 is 2.29 bits per heavy atom. The maximum atomic E-state index is 11.1. The van der Waals surface area contributed by atoms with Crippen molar-refractivity contribution >= 4 is 5.97 Å². The third kappa shape index (κ3) is 4.13. The van der Waals surface area contributed by atoms with Crippen LogP contribution in [0.25, 0.3) is 0 Å². The molecule has 0 aromatic carbocycles. The highest BCUT2D eigenvalue weighted by Crippen LogP contribution is 2.20. The van der Waals surface area contributed by atoms with Crippen molar-refractivity contribution in [2.45, 2.75) is 32.2 Å². The molecule has 4 heteroatoms. The van der Waals surface area contributed by atoms with Crippen LogP contribution in [0.15, 0.2) is 12.7 Å². The second-order valence-electron chi connectivity index (χ2n) is 4.52. The van der Waals surface area contributed by atoms with Crippen molar-refractivity contribution in [1.29, 1.82) is 0 Å². The molecule has 2 atom stereocenters. The summed E-state index contributed by atoms with van der Waals surface area (Å²) in [4.78, 5) is 13.4. The molecule has 4 nitrogen and oxygen atoms in total. The summed E-state index contributed by atoms with van der Waals surface area (Å²) in [5.41, 5.74) is 0. The molecule has 0 aliphatic carbocycles. The van der Waals surface area contributed by atoms with Crippen LogP contribution in [0.4, 0.5) is 0 Å². The molecule has 0 aromatic heterocycles. The Bertz CT molecular complexity index is 255. The molecule has 0 amide bonds. The lowest BCUT2D eigenvalue weighted by molar-refractivity contribution is -0.143. The fraction of sp³-hybridized carbons (Fsp3) is 0.769. The van der Waals surface area contributed by atoms with Crippen LogP contribution in [0.1, 0.15) is 26.2 Å². The van der Waals surface area contributed by atoms with E-state index in [2.05, 4.69) is 18.4 Å². The van der Waals surface area contributed by atoms with Crippen LogP contribution < -0.4 is 0 Å². The molecule has 1 rings (SSSR count). The van der Waals surface area contributed by atoms with Gasteiger partial charge in [0.15, 0.2) is 0 Å². The minimum atomic E-state index is -0.739. The Labute approximate surface area is 103 Å². The molecule has 0 aromatic rings. The highest BCUT2D eigenvalue weighted by atomic mass is 16.5. The smallest absolute Gasteiger partial charge is 0.310 e. The number of carboxylic acids is 1. The Hall–Kier alpha value is -0.870. The molecule has 1 aliphatic rings. The number of aliphatic carboxylic acids is 1. The van der Waals surface area contributed by atoms with E-state index in [1.807, 2.05) is 6.08 Å². The number of ether oxygens (including phenoxy) is 1. The van der Waals surface area contributed by atoms with Gasteiger partial charge in [-0.15, -0.1) is 6.58 Å². The minimum Gasteiger partial charge on any atom is -0.481 e. The van der Waals surface area contributed by atoms with Crippen LogP contribution in [-0.4, -0.2) is 48.3 Å². The average molecular weight is 241 g/mol. The molecule has 17 heavy (non-hydrogen) atoms. The number of carboxylic acid groups (broad SMARTS) is 1. The van der Waals surface area contributed by atoms with Crippen LogP contribution in [0, 0.1) is 5.92 Å². The highest BCUT2D eigenvalue weighted by Gasteiger charge is 2.37. The maximum absolute atomic E-state index is 11.1. The first-order valence-corrected chi connectivity index (χ1v) is 6.36. The molecule has 1 N–H and O–H groups in total. The molecule has 0 radical (unpaired) electrons. The molecule has 0 bridgehead atoms. The van der Waals surface area contributed by atoms with E-state index in [1.165, 1.54) is 0 Å². The van der Waals surface area contributed by atoms with Gasteiger partial charge in [-0.2, -0.15) is 0 Å². The van der Waals surface area contributed by atoms with Gasteiger partial charge in [0.05, 0.1) is 19.1 Å². The first kappa shape index (κ1) is 14.2. The molecule has 1 aliphatic heterocycles. The van der Waals surface area contributed by atoms with Crippen LogP contribution in [-0.2, 0) is 9.53 Å². The second kappa shape index (κ2) is 7.45. The quantitative estimate of drug-likeness (QED) is 0.519. The van der Waals surface area contributed by atoms with E-state index in [0.29, 0.717) is 13.2 Å². The first-order chi connectivity index (χ1) is 8.20. The Balaban J connectivity index is 2.55. The summed E-state index contributed by atoms with van der Waals surface area (Å²) < 4.78 is 5.32. The Kier molecular flexibility index (Phi) is 6.22. The van der Waals surface area contributed by atoms with Gasteiger partial charge < -0.3 is 9.84 Å². The number of hydrogen-bond acceptors (Lipinski definition) is 3. The molecule has 2 unspecified atom stereocenters. The van der Waals surface area contributed by atoms with E-state index in [-0.39, 0.29) is 12.0 Å². The van der Waals surface area contributed by atoms with E-state index in [9.17, 15) is 4.79 Å². The van der Waals surface area contributed by atoms with Crippen molar-refractivity contribution in [3.05, 3.63) is 12.7 Å². The van der Waals surface area contributed by atoms with E-state index < -0.39 is 5.97 Å². The van der Waals surface area contributed by atoms with Crippen LogP contribution in [0.5, 0.6) is 0 Å². The summed E-state index contributed by atoms with van der Waals surface area (Å²) in [6.07, 6.45) is 4.96. The van der Waals surface area contributed by atoms with Crippen molar-refractivity contribution < 1.29 is 14.6 Å². The third-order valence-corrected chi connectivity index (χ3v) is 3.20. The van der Waals surface area contributed by atoms with Gasteiger partial charge in [-0.3, -0.25) is 9.69 Å². The van der Waals surface area contributed by atoms with Crippen LogP contribution in [0.3, 0.4) is 0 Å². The van der Waals surface area contributed by atoms with Crippen molar-refractivity contribution in [2.24, 2.45) is 5.92 Å². The SMILES string of the molecule is C=CCCCN(CCC)C1COCC1C(=O)O. The lowest BCUT2D eigenvalue weighted by Gasteiger charge is -2.29. The van der Waals surface area contributed by atoms with Crippen LogP contribution >= 0.6 is 0 Å². The van der Waals surface area contributed by atoms with E-state index >= 15 is 0 Å². The number of hydrogen-bond donors (Lipinski definition) is 1. The zero-order chi connectivity index (χ0) is 12.7. The predicted molar refractivity (Wildman–Crippen MR) is 67.0 cm³/mol. The summed E-state index contributed by atoms with van der Waals surface area (Å²) >= 11 is 0. The second-order valence-corrected chi connectivity index (χ2v) is 4.52. The van der Waals surface area contributed by atoms with Gasteiger partial charge in [-0.05, 0) is 32.4 Å². The number of allylic oxidation sites excluding steroid dienone is 1. The summed E-state index contributed by atoms with van der Waals surface area (Å²) in [6, 6.07) is 0.0391. The highest BCUT2D eigenvalue weighted by molar-refractivity contribution is 5.71. The van der Waals surface area contributed by atoms with Gasteiger partial charge >= 0.3 is 5.97 Å². The minimum absolute atomic E-state index is 0.0391. The van der Waals surface area contributed by atoms with Gasteiger partial charge in [0.1, 0.15) is 0 Å². The topological polar surface area (TPSA) is 49.8 Å². The molecule has 1 fully saturated rings. The van der Waals surface area contributed by atoms with Gasteiger partial charge in [-0.1, -0.05) is 13.0 Å². The van der Waals surface area contributed by atoms with Gasteiger partial charge in [-0.25, -0.2) is 0 Å². The molecular weight excluding hydrogens is 218 g/mol. The Morgan fingerprint density at radius 3 is 2.88 bits per heavy atom. The van der Waals surface area contributed by atoms with Gasteiger partial charge in [0, 0.05) is 6.04 Å². The zero-order valence-electron chi connectivity index (χ0n) is 10.6. The zero-order valence-corrected chi connectivity index (χ0v) is 10.6. The molecule has 98 valence electrons. The molecule has 1 saturated heterocycles. The lowest BCUT2D eigenvalue weighted by Crippen LogP contribution is -2.44. The predicted octanol–water partition coefficient (Wildman–Crippen LogP) is 1.76. The van der Waals surface area contributed by atoms with Crippen LogP contribution in [0.2, 0.25) is 0 Å². The molecular formula is C13H23NO3. The first-order valence-electron chi connectivity index (χ1n) is 6.36. The number of nitrogens with zero attached hydrogens (tertiary/aromatic N) is 1. The fourth-order valence-electron chi connectivity index (χ4n) is 2.31. The normalized spacial score (nSPS) is 24.1. The Morgan fingerprint density at radius 1 is 1.53 bits per heavy atom. The van der Waals surface area contributed by atoms with E-state index in [4.69, 9.17) is 9.84 Å². The van der Waals surface area contributed by atoms with E-state index in [1.54, 1.807) is 0 Å². The largest absolute Gasteiger partial charge is 0.481 e. The monoisotopic (exact) mass is 241 g/mol. The number of rotatable bonds is 8. The van der Waals surface area contributed by atoms with Gasteiger partial charge in [0.25, 0.3) is 0 Å². The standard InChI is InChI=1S/C13H23NO3/c1-3-5-6-8-14(7-4-2)12-10-17-9-11(12)13(15)16/h3,11-12H,1,4-10H2,2H3,(H,15,16). The van der Waals surface area contributed by atoms with Gasteiger partial charge in [0.2, 0.25) is 0 Å². The van der Waals surface area contributed by atoms with Crippen molar-refractivity contribution in [3.8, 4) is 0 Å². The average Bonchev–Trinajstić information content (AvgIpc) is 2.77. The summed E-state index contributed by atoms with van der Waals surface area (Å²) in [7, 11) is 0. The number of carbonyl (C=O) groups is 1. The molecule has 0 saturated carbocycles. The van der Waals surface area contributed by atoms with Crippen molar-refractivity contribution in [2.75, 3.05) is 26.3 Å². The third-order valence-electron chi connectivity index (χ3n) is 3.20. The molecule has 1 heterocycles. The summed E-state index contributed by atoms with van der Waals surface area (Å²) in [5, 5.41) is 9.15. The summed E-state index contributed by atoms with van der Waals surface area (Å²) in [6.45, 7) is 8.59. The number of unbranched alkanes of at least 4 members (excludes halogenated alkanes) is 1. The lowest BCUT2D eigenvalue weighted by atomic mass is 10.0. The fourth-order valence-corrected chi connectivity index (χ4v) is 2.31. The van der Waals surface area contributed by atoms with E-state index in [0.717, 1.165) is 32.4 Å². The maximum Gasteiger partial charge on any atom is 0.310 e. The van der Waals surface area contributed by atoms with Crippen molar-refractivity contribution in [3.63, 3.8) is 0 Å². The van der Waals surface area contributed by atoms with Crippen molar-refractivity contribution in [1.82, 2.24) is 4.90 Å².